The van der Waals surface area contributed by atoms with Gasteiger partial charge >= 0.3 is 0 Å². The third kappa shape index (κ3) is 3.04. The SMILES string of the molecule is Cl.NC1(c2noc(-c3cc(F)c(F)cc3I)n2)CCCC1. The van der Waals surface area contributed by atoms with Gasteiger partial charge in [-0.2, -0.15) is 4.98 Å². The van der Waals surface area contributed by atoms with Crippen LogP contribution in [0, 0.1) is 15.2 Å². The molecule has 1 fully saturated rings. The van der Waals surface area contributed by atoms with Crippen LogP contribution in [0.1, 0.15) is 31.5 Å². The fourth-order valence-electron chi connectivity index (χ4n) is 2.45. The molecule has 0 amide bonds. The Kier molecular flexibility index (Phi) is 4.84. The van der Waals surface area contributed by atoms with E-state index in [1.54, 1.807) is 0 Å². The summed E-state index contributed by atoms with van der Waals surface area (Å²) < 4.78 is 32.1. The monoisotopic (exact) mass is 427 g/mol. The van der Waals surface area contributed by atoms with Crippen molar-refractivity contribution in [2.75, 3.05) is 0 Å². The number of halogens is 4. The minimum absolute atomic E-state index is 0. The number of hydrogen-bond donors (Lipinski definition) is 1. The van der Waals surface area contributed by atoms with Gasteiger partial charge in [-0.05, 0) is 47.6 Å². The maximum atomic E-state index is 13.3. The molecule has 0 bridgehead atoms. The molecule has 1 saturated carbocycles. The van der Waals surface area contributed by atoms with E-state index in [1.807, 2.05) is 22.6 Å². The summed E-state index contributed by atoms with van der Waals surface area (Å²) in [6.45, 7) is 0. The number of benzene rings is 1. The summed E-state index contributed by atoms with van der Waals surface area (Å²) in [4.78, 5) is 4.27. The van der Waals surface area contributed by atoms with Gasteiger partial charge in [-0.1, -0.05) is 18.0 Å². The van der Waals surface area contributed by atoms with E-state index < -0.39 is 17.2 Å². The molecule has 0 atom stereocenters. The van der Waals surface area contributed by atoms with E-state index in [-0.39, 0.29) is 18.3 Å². The quantitative estimate of drug-likeness (QED) is 0.585. The molecule has 1 aromatic carbocycles. The van der Waals surface area contributed by atoms with E-state index in [9.17, 15) is 8.78 Å². The molecular formula is C13H13ClF2IN3O. The average molecular weight is 428 g/mol. The van der Waals surface area contributed by atoms with Crippen LogP contribution in [0.2, 0.25) is 0 Å². The first kappa shape index (κ1) is 16.6. The first-order chi connectivity index (χ1) is 9.49. The molecule has 1 heterocycles. The Morgan fingerprint density at radius 2 is 1.81 bits per heavy atom. The van der Waals surface area contributed by atoms with Crippen LogP contribution in [0.5, 0.6) is 0 Å². The molecule has 1 aliphatic carbocycles. The molecule has 2 N–H and O–H groups in total. The Morgan fingerprint density at radius 3 is 2.48 bits per heavy atom. The summed E-state index contributed by atoms with van der Waals surface area (Å²) in [5.74, 6) is -1.24. The summed E-state index contributed by atoms with van der Waals surface area (Å²) in [6, 6.07) is 2.16. The molecule has 1 aliphatic rings. The Balaban J connectivity index is 0.00000161. The van der Waals surface area contributed by atoms with Crippen molar-refractivity contribution in [3.8, 4) is 11.5 Å². The van der Waals surface area contributed by atoms with Crippen LogP contribution >= 0.6 is 35.0 Å². The zero-order valence-electron chi connectivity index (χ0n) is 10.9. The second-order valence-electron chi connectivity index (χ2n) is 5.03. The normalized spacial score (nSPS) is 16.8. The van der Waals surface area contributed by atoms with Gasteiger partial charge < -0.3 is 10.3 Å². The van der Waals surface area contributed by atoms with Gasteiger partial charge in [0.25, 0.3) is 5.89 Å². The van der Waals surface area contributed by atoms with Gasteiger partial charge in [0.05, 0.1) is 11.1 Å². The first-order valence-corrected chi connectivity index (χ1v) is 7.35. The Hall–Kier alpha value is -0.800. The van der Waals surface area contributed by atoms with E-state index in [1.165, 1.54) is 0 Å². The molecule has 114 valence electrons. The lowest BCUT2D eigenvalue weighted by atomic mass is 9.99. The van der Waals surface area contributed by atoms with Gasteiger partial charge in [-0.3, -0.25) is 0 Å². The van der Waals surface area contributed by atoms with Gasteiger partial charge in [-0.25, -0.2) is 8.78 Å². The molecule has 8 heteroatoms. The number of nitrogens with zero attached hydrogens (tertiary/aromatic N) is 2. The molecule has 3 rings (SSSR count). The average Bonchev–Trinajstić information content (AvgIpc) is 3.03. The first-order valence-electron chi connectivity index (χ1n) is 6.27. The highest BCUT2D eigenvalue weighted by Crippen LogP contribution is 2.36. The van der Waals surface area contributed by atoms with Gasteiger partial charge in [-0.15, -0.1) is 12.4 Å². The van der Waals surface area contributed by atoms with Gasteiger partial charge in [0.2, 0.25) is 0 Å². The number of nitrogens with two attached hydrogens (primary N) is 1. The predicted octanol–water partition coefficient (Wildman–Crippen LogP) is 3.77. The second kappa shape index (κ2) is 6.13. The van der Waals surface area contributed by atoms with Crippen LogP contribution < -0.4 is 5.73 Å². The standard InChI is InChI=1S/C13H12F2IN3O.ClH/c14-8-5-7(10(16)6-9(8)15)11-18-12(19-20-11)13(17)3-1-2-4-13;/h5-6H,1-4,17H2;1H. The minimum Gasteiger partial charge on any atom is -0.334 e. The minimum atomic E-state index is -0.941. The predicted molar refractivity (Wildman–Crippen MR) is 83.9 cm³/mol. The van der Waals surface area contributed by atoms with Crippen molar-refractivity contribution < 1.29 is 13.3 Å². The van der Waals surface area contributed by atoms with Crippen molar-refractivity contribution in [1.82, 2.24) is 10.1 Å². The topological polar surface area (TPSA) is 64.9 Å². The molecule has 0 aliphatic heterocycles. The summed E-state index contributed by atoms with van der Waals surface area (Å²) in [6.07, 6.45) is 3.67. The highest BCUT2D eigenvalue weighted by molar-refractivity contribution is 14.1. The van der Waals surface area contributed by atoms with Crippen molar-refractivity contribution >= 4 is 35.0 Å². The largest absolute Gasteiger partial charge is 0.334 e. The lowest BCUT2D eigenvalue weighted by Gasteiger charge is -2.17. The van der Waals surface area contributed by atoms with Crippen LogP contribution in [0.25, 0.3) is 11.5 Å². The zero-order valence-corrected chi connectivity index (χ0v) is 13.9. The molecule has 4 nitrogen and oxygen atoms in total. The molecule has 1 aromatic heterocycles. The third-order valence-corrected chi connectivity index (χ3v) is 4.50. The van der Waals surface area contributed by atoms with E-state index in [4.69, 9.17) is 10.3 Å². The zero-order chi connectivity index (χ0) is 14.3. The second-order valence-corrected chi connectivity index (χ2v) is 6.19. The molecule has 0 spiro atoms. The fourth-order valence-corrected chi connectivity index (χ4v) is 3.11. The summed E-state index contributed by atoms with van der Waals surface area (Å²) >= 11 is 1.90. The van der Waals surface area contributed by atoms with E-state index in [2.05, 4.69) is 10.1 Å². The number of hydrogen-bond acceptors (Lipinski definition) is 4. The van der Waals surface area contributed by atoms with Crippen LogP contribution in [0.15, 0.2) is 16.7 Å². The van der Waals surface area contributed by atoms with Crippen molar-refractivity contribution in [2.24, 2.45) is 5.73 Å². The summed E-state index contributed by atoms with van der Waals surface area (Å²) in [5, 5.41) is 3.91. The van der Waals surface area contributed by atoms with Crippen molar-refractivity contribution in [1.29, 1.82) is 0 Å². The molecule has 0 saturated heterocycles. The van der Waals surface area contributed by atoms with Crippen molar-refractivity contribution in [3.63, 3.8) is 0 Å². The molecule has 2 aromatic rings. The van der Waals surface area contributed by atoms with E-state index >= 15 is 0 Å². The molecule has 0 radical (unpaired) electrons. The maximum Gasteiger partial charge on any atom is 0.259 e. The fraction of sp³-hybridized carbons (Fsp3) is 0.385. The van der Waals surface area contributed by atoms with E-state index in [0.717, 1.165) is 37.8 Å². The van der Waals surface area contributed by atoms with Crippen LogP contribution in [0.4, 0.5) is 8.78 Å². The molecule has 21 heavy (non-hydrogen) atoms. The van der Waals surface area contributed by atoms with Crippen molar-refractivity contribution in [2.45, 2.75) is 31.2 Å². The highest BCUT2D eigenvalue weighted by Gasteiger charge is 2.36. The third-order valence-electron chi connectivity index (χ3n) is 3.61. The van der Waals surface area contributed by atoms with Crippen LogP contribution in [0.3, 0.4) is 0 Å². The Bertz CT molecular complexity index is 659. The molecular weight excluding hydrogens is 415 g/mol. The smallest absolute Gasteiger partial charge is 0.259 e. The van der Waals surface area contributed by atoms with Crippen LogP contribution in [-0.2, 0) is 5.54 Å². The van der Waals surface area contributed by atoms with Crippen molar-refractivity contribution in [3.05, 3.63) is 33.2 Å². The lowest BCUT2D eigenvalue weighted by Crippen LogP contribution is -2.34. The Morgan fingerprint density at radius 1 is 1.19 bits per heavy atom. The summed E-state index contributed by atoms with van der Waals surface area (Å²) in [5.41, 5.74) is 6.06. The molecule has 0 unspecified atom stereocenters. The Labute approximate surface area is 140 Å². The number of rotatable bonds is 2. The summed E-state index contributed by atoms with van der Waals surface area (Å²) in [7, 11) is 0. The highest BCUT2D eigenvalue weighted by atomic mass is 127. The number of aromatic nitrogens is 2. The van der Waals surface area contributed by atoms with E-state index in [0.29, 0.717) is 15.0 Å². The van der Waals surface area contributed by atoms with Crippen LogP contribution in [-0.4, -0.2) is 10.1 Å². The van der Waals surface area contributed by atoms with Gasteiger partial charge in [0.15, 0.2) is 17.5 Å². The van der Waals surface area contributed by atoms with Gasteiger partial charge in [0.1, 0.15) is 0 Å². The maximum absolute atomic E-state index is 13.3. The lowest BCUT2D eigenvalue weighted by molar-refractivity contribution is 0.372. The van der Waals surface area contributed by atoms with Gasteiger partial charge in [0, 0.05) is 3.57 Å².